The molecule has 2 aliphatic rings. The lowest BCUT2D eigenvalue weighted by Crippen LogP contribution is -2.36. The maximum absolute atomic E-state index is 13.8. The number of dihydropyridines is 1. The average molecular weight is 522 g/mol. The Morgan fingerprint density at radius 1 is 0.974 bits per heavy atom. The van der Waals surface area contributed by atoms with Crippen molar-refractivity contribution in [2.45, 2.75) is 51.4 Å². The molecular formula is C30H35NO7. The molecule has 0 aromatic heterocycles. The van der Waals surface area contributed by atoms with E-state index in [0.717, 1.165) is 24.1 Å². The number of carbonyl (C=O) groups excluding carboxylic acids is 2. The van der Waals surface area contributed by atoms with E-state index in [9.17, 15) is 14.7 Å². The van der Waals surface area contributed by atoms with Crippen molar-refractivity contribution in [3.8, 4) is 23.0 Å². The molecule has 0 fully saturated rings. The highest BCUT2D eigenvalue weighted by Crippen LogP contribution is 2.47. The molecule has 8 heteroatoms. The van der Waals surface area contributed by atoms with Crippen molar-refractivity contribution >= 4 is 11.8 Å². The van der Waals surface area contributed by atoms with E-state index < -0.39 is 11.9 Å². The number of nitrogens with one attached hydrogen (secondary N) is 1. The highest BCUT2D eigenvalue weighted by molar-refractivity contribution is 6.04. The number of esters is 1. The number of ether oxygens (including phenoxy) is 4. The fourth-order valence-electron chi connectivity index (χ4n) is 5.25. The van der Waals surface area contributed by atoms with Crippen LogP contribution in [0.2, 0.25) is 0 Å². The Morgan fingerprint density at radius 2 is 1.66 bits per heavy atom. The van der Waals surface area contributed by atoms with Crippen molar-refractivity contribution in [3.63, 3.8) is 0 Å². The summed E-state index contributed by atoms with van der Waals surface area (Å²) in [6.45, 7) is 4.16. The third-order valence-corrected chi connectivity index (χ3v) is 7.19. The number of allylic oxidation sites excluding steroid dienone is 3. The van der Waals surface area contributed by atoms with Gasteiger partial charge in [0.05, 0.1) is 33.5 Å². The Hall–Kier alpha value is -3.94. The molecule has 2 N–H and O–H groups in total. The van der Waals surface area contributed by atoms with Crippen LogP contribution in [0.15, 0.2) is 58.9 Å². The second-order valence-corrected chi connectivity index (χ2v) is 9.55. The Kier molecular flexibility index (Phi) is 8.29. The molecule has 2 aromatic rings. The minimum absolute atomic E-state index is 0.0179. The zero-order valence-electron chi connectivity index (χ0n) is 22.6. The van der Waals surface area contributed by atoms with Crippen LogP contribution in [0.3, 0.4) is 0 Å². The smallest absolute Gasteiger partial charge is 0.336 e. The summed E-state index contributed by atoms with van der Waals surface area (Å²) in [4.78, 5) is 27.1. The molecule has 2 atom stereocenters. The first-order valence-electron chi connectivity index (χ1n) is 12.8. The number of benzene rings is 2. The molecule has 1 aliphatic heterocycles. The molecule has 38 heavy (non-hydrogen) atoms. The highest BCUT2D eigenvalue weighted by atomic mass is 16.5. The number of rotatable bonds is 9. The molecule has 0 unspecified atom stereocenters. The van der Waals surface area contributed by atoms with Gasteiger partial charge >= 0.3 is 5.97 Å². The Morgan fingerprint density at radius 3 is 2.34 bits per heavy atom. The van der Waals surface area contributed by atoms with Gasteiger partial charge in [-0.1, -0.05) is 25.5 Å². The fraction of sp³-hybridized carbons (Fsp3) is 0.400. The van der Waals surface area contributed by atoms with Crippen LogP contribution in [-0.4, -0.2) is 44.8 Å². The van der Waals surface area contributed by atoms with E-state index in [1.54, 1.807) is 26.4 Å². The van der Waals surface area contributed by atoms with Gasteiger partial charge < -0.3 is 29.4 Å². The van der Waals surface area contributed by atoms with Crippen LogP contribution in [-0.2, 0) is 14.3 Å². The number of methoxy groups -OCH3 is 3. The molecule has 1 heterocycles. The number of carbonyl (C=O) groups is 2. The summed E-state index contributed by atoms with van der Waals surface area (Å²) < 4.78 is 21.8. The lowest BCUT2D eigenvalue weighted by molar-refractivity contribution is -0.139. The summed E-state index contributed by atoms with van der Waals surface area (Å²) in [5, 5.41) is 13.6. The highest BCUT2D eigenvalue weighted by Gasteiger charge is 2.41. The zero-order chi connectivity index (χ0) is 27.4. The Balaban J connectivity index is 1.77. The van der Waals surface area contributed by atoms with Crippen molar-refractivity contribution < 1.29 is 33.6 Å². The molecular weight excluding hydrogens is 486 g/mol. The van der Waals surface area contributed by atoms with Crippen LogP contribution in [0.25, 0.3) is 0 Å². The van der Waals surface area contributed by atoms with Crippen molar-refractivity contribution in [1.29, 1.82) is 0 Å². The van der Waals surface area contributed by atoms with E-state index in [1.165, 1.54) is 13.2 Å². The van der Waals surface area contributed by atoms with Gasteiger partial charge in [0.1, 0.15) is 0 Å². The third kappa shape index (κ3) is 5.21. The first-order chi connectivity index (χ1) is 18.3. The van der Waals surface area contributed by atoms with Gasteiger partial charge in [0.15, 0.2) is 28.8 Å². The standard InChI is InChI=1S/C30H35NO7/c1-6-7-12-38-30(34)27-17(2)31-21-13-20(18-9-11-24(35-3)26(15-18)37-5)14-23(33)29(21)28(27)19-8-10-22(32)25(16-19)36-4/h8-11,15-16,20,28,31-32H,6-7,12-14H2,1-5H3/t20-,28-/m1/s1. The molecule has 4 rings (SSSR count). The number of hydrogen-bond acceptors (Lipinski definition) is 8. The van der Waals surface area contributed by atoms with Crippen molar-refractivity contribution in [3.05, 3.63) is 70.1 Å². The third-order valence-electron chi connectivity index (χ3n) is 7.19. The van der Waals surface area contributed by atoms with Crippen molar-refractivity contribution in [2.75, 3.05) is 27.9 Å². The molecule has 0 bridgehead atoms. The molecule has 202 valence electrons. The minimum atomic E-state index is -0.645. The molecule has 1 aliphatic carbocycles. The first kappa shape index (κ1) is 27.1. The van der Waals surface area contributed by atoms with Gasteiger partial charge in [-0.15, -0.1) is 0 Å². The maximum atomic E-state index is 13.8. The van der Waals surface area contributed by atoms with Gasteiger partial charge in [0.2, 0.25) is 0 Å². The Bertz CT molecular complexity index is 1290. The number of ketones is 1. The van der Waals surface area contributed by atoms with Crippen LogP contribution in [0, 0.1) is 0 Å². The largest absolute Gasteiger partial charge is 0.504 e. The molecule has 2 aromatic carbocycles. The van der Waals surface area contributed by atoms with E-state index in [1.807, 2.05) is 32.0 Å². The topological polar surface area (TPSA) is 103 Å². The number of unbranched alkanes of at least 4 members (excludes halogenated alkanes) is 1. The Labute approximate surface area is 223 Å². The van der Waals surface area contributed by atoms with Crippen LogP contribution in [0.4, 0.5) is 0 Å². The summed E-state index contributed by atoms with van der Waals surface area (Å²) >= 11 is 0. The number of Topliss-reactive ketones (excluding diaryl/α,β-unsaturated/α-hetero) is 1. The van der Waals surface area contributed by atoms with Gasteiger partial charge in [-0.25, -0.2) is 4.79 Å². The number of aromatic hydroxyl groups is 1. The van der Waals surface area contributed by atoms with Crippen LogP contribution < -0.4 is 19.5 Å². The van der Waals surface area contributed by atoms with Crippen molar-refractivity contribution in [2.24, 2.45) is 0 Å². The molecule has 0 saturated carbocycles. The van der Waals surface area contributed by atoms with Crippen LogP contribution in [0.5, 0.6) is 23.0 Å². The minimum Gasteiger partial charge on any atom is -0.504 e. The first-order valence-corrected chi connectivity index (χ1v) is 12.8. The molecule has 0 radical (unpaired) electrons. The summed E-state index contributed by atoms with van der Waals surface area (Å²) in [5.74, 6) is 0.255. The molecule has 0 saturated heterocycles. The van der Waals surface area contributed by atoms with Gasteiger partial charge in [-0.05, 0) is 61.1 Å². The van der Waals surface area contributed by atoms with E-state index >= 15 is 0 Å². The normalized spacial score (nSPS) is 19.0. The van der Waals surface area contributed by atoms with Gasteiger partial charge in [-0.2, -0.15) is 0 Å². The molecule has 0 spiro atoms. The summed E-state index contributed by atoms with van der Waals surface area (Å²) in [6, 6.07) is 10.6. The molecule has 0 amide bonds. The monoisotopic (exact) mass is 521 g/mol. The quantitative estimate of drug-likeness (QED) is 0.346. The van der Waals surface area contributed by atoms with Gasteiger partial charge in [-0.3, -0.25) is 4.79 Å². The summed E-state index contributed by atoms with van der Waals surface area (Å²) in [7, 11) is 4.64. The zero-order valence-corrected chi connectivity index (χ0v) is 22.6. The van der Waals surface area contributed by atoms with E-state index in [2.05, 4.69) is 5.32 Å². The SMILES string of the molecule is CCCCOC(=O)C1=C(C)NC2=C(C(=O)C[C@H](c3ccc(OC)c(OC)c3)C2)[C@@H]1c1ccc(O)c(OC)c1. The summed E-state index contributed by atoms with van der Waals surface area (Å²) in [5.41, 5.74) is 4.00. The van der Waals surface area contributed by atoms with Crippen molar-refractivity contribution in [1.82, 2.24) is 5.32 Å². The van der Waals surface area contributed by atoms with Gasteiger partial charge in [0, 0.05) is 29.3 Å². The predicted molar refractivity (Wildman–Crippen MR) is 143 cm³/mol. The lowest BCUT2D eigenvalue weighted by Gasteiger charge is -2.37. The fourth-order valence-corrected chi connectivity index (χ4v) is 5.25. The second-order valence-electron chi connectivity index (χ2n) is 9.55. The lowest BCUT2D eigenvalue weighted by atomic mass is 9.71. The number of phenolic OH excluding ortho intramolecular Hbond substituents is 1. The van der Waals surface area contributed by atoms with E-state index in [0.29, 0.717) is 46.9 Å². The molecule has 8 nitrogen and oxygen atoms in total. The van der Waals surface area contributed by atoms with Gasteiger partial charge in [0.25, 0.3) is 0 Å². The van der Waals surface area contributed by atoms with E-state index in [-0.39, 0.29) is 29.6 Å². The number of hydrogen-bond donors (Lipinski definition) is 2. The van der Waals surface area contributed by atoms with Crippen LogP contribution in [0.1, 0.15) is 62.5 Å². The maximum Gasteiger partial charge on any atom is 0.336 e. The predicted octanol–water partition coefficient (Wildman–Crippen LogP) is 5.12. The van der Waals surface area contributed by atoms with E-state index in [4.69, 9.17) is 18.9 Å². The number of phenols is 1. The second kappa shape index (κ2) is 11.6. The summed E-state index contributed by atoms with van der Waals surface area (Å²) in [6.07, 6.45) is 2.51. The average Bonchev–Trinajstić information content (AvgIpc) is 2.92. The van der Waals surface area contributed by atoms with Crippen LogP contribution >= 0.6 is 0 Å².